The summed E-state index contributed by atoms with van der Waals surface area (Å²) in [5, 5.41) is 3.98. The van der Waals surface area contributed by atoms with E-state index in [1.165, 1.54) is 0 Å². The fourth-order valence-corrected chi connectivity index (χ4v) is 2.49. The zero-order valence-electron chi connectivity index (χ0n) is 11.1. The molecular formula is C13H16BrN3OS. The maximum absolute atomic E-state index is 5.94. The number of nitrogen functional groups attached to an aromatic ring is 1. The van der Waals surface area contributed by atoms with Crippen molar-refractivity contribution in [1.29, 1.82) is 0 Å². The molecule has 2 aromatic rings. The highest BCUT2D eigenvalue weighted by Gasteiger charge is 2.15. The quantitative estimate of drug-likeness (QED) is 0.851. The Kier molecular flexibility index (Phi) is 4.20. The van der Waals surface area contributed by atoms with Gasteiger partial charge in [-0.05, 0) is 18.2 Å². The molecule has 0 amide bonds. The van der Waals surface area contributed by atoms with Crippen molar-refractivity contribution in [2.45, 2.75) is 31.3 Å². The SMILES string of the molecule is CC(C)(C)SCc1noc(-c2ccc(Br)cc2N)n1. The molecule has 2 rings (SSSR count). The van der Waals surface area contributed by atoms with Gasteiger partial charge in [0.1, 0.15) is 0 Å². The monoisotopic (exact) mass is 341 g/mol. The van der Waals surface area contributed by atoms with Gasteiger partial charge < -0.3 is 10.3 Å². The second kappa shape index (κ2) is 5.54. The van der Waals surface area contributed by atoms with E-state index in [2.05, 4.69) is 46.8 Å². The van der Waals surface area contributed by atoms with Gasteiger partial charge in [-0.1, -0.05) is 41.9 Å². The first-order valence-corrected chi connectivity index (χ1v) is 7.65. The second-order valence-corrected chi connectivity index (χ2v) is 7.87. The molecule has 102 valence electrons. The third-order valence-corrected chi connectivity index (χ3v) is 4.11. The molecule has 19 heavy (non-hydrogen) atoms. The van der Waals surface area contributed by atoms with Crippen LogP contribution >= 0.6 is 27.7 Å². The number of aromatic nitrogens is 2. The van der Waals surface area contributed by atoms with Gasteiger partial charge in [-0.25, -0.2) is 0 Å². The Hall–Kier alpha value is -1.01. The number of anilines is 1. The Morgan fingerprint density at radius 1 is 1.37 bits per heavy atom. The van der Waals surface area contributed by atoms with Crippen LogP contribution in [0.2, 0.25) is 0 Å². The Morgan fingerprint density at radius 2 is 2.11 bits per heavy atom. The van der Waals surface area contributed by atoms with E-state index in [1.54, 1.807) is 11.8 Å². The Morgan fingerprint density at radius 3 is 2.74 bits per heavy atom. The third-order valence-electron chi connectivity index (χ3n) is 2.35. The molecule has 0 atom stereocenters. The zero-order valence-corrected chi connectivity index (χ0v) is 13.5. The van der Waals surface area contributed by atoms with Crippen LogP contribution in [-0.2, 0) is 5.75 Å². The first-order chi connectivity index (χ1) is 8.85. The van der Waals surface area contributed by atoms with E-state index in [9.17, 15) is 0 Å². The highest BCUT2D eigenvalue weighted by Crippen LogP contribution is 2.29. The van der Waals surface area contributed by atoms with Gasteiger partial charge >= 0.3 is 0 Å². The molecule has 0 aliphatic rings. The van der Waals surface area contributed by atoms with Crippen LogP contribution in [0.4, 0.5) is 5.69 Å². The molecule has 0 radical (unpaired) electrons. The molecule has 0 saturated heterocycles. The van der Waals surface area contributed by atoms with Crippen LogP contribution in [0.25, 0.3) is 11.5 Å². The lowest BCUT2D eigenvalue weighted by atomic mass is 10.2. The van der Waals surface area contributed by atoms with Crippen LogP contribution in [0.5, 0.6) is 0 Å². The molecule has 0 unspecified atom stereocenters. The van der Waals surface area contributed by atoms with Crippen LogP contribution < -0.4 is 5.73 Å². The van der Waals surface area contributed by atoms with E-state index in [0.29, 0.717) is 17.4 Å². The van der Waals surface area contributed by atoms with E-state index in [4.69, 9.17) is 10.3 Å². The van der Waals surface area contributed by atoms with Crippen molar-refractivity contribution in [3.8, 4) is 11.5 Å². The van der Waals surface area contributed by atoms with E-state index < -0.39 is 0 Å². The standard InChI is InChI=1S/C13H16BrN3OS/c1-13(2,3)19-7-11-16-12(18-17-11)9-5-4-8(14)6-10(9)15/h4-6H,7,15H2,1-3H3. The maximum Gasteiger partial charge on any atom is 0.260 e. The number of nitrogens with two attached hydrogens (primary N) is 1. The summed E-state index contributed by atoms with van der Waals surface area (Å²) in [6.07, 6.45) is 0. The molecule has 0 aliphatic heterocycles. The predicted octanol–water partition coefficient (Wildman–Crippen LogP) is 4.11. The Balaban J connectivity index is 2.16. The van der Waals surface area contributed by atoms with Crippen molar-refractivity contribution in [2.75, 3.05) is 5.73 Å². The van der Waals surface area contributed by atoms with E-state index in [1.807, 2.05) is 18.2 Å². The summed E-state index contributed by atoms with van der Waals surface area (Å²) in [6, 6.07) is 5.59. The second-order valence-electron chi connectivity index (χ2n) is 5.15. The highest BCUT2D eigenvalue weighted by molar-refractivity contribution is 9.10. The molecule has 0 aliphatic carbocycles. The van der Waals surface area contributed by atoms with Crippen molar-refractivity contribution < 1.29 is 4.52 Å². The molecule has 0 spiro atoms. The van der Waals surface area contributed by atoms with Crippen molar-refractivity contribution in [1.82, 2.24) is 10.1 Å². The minimum absolute atomic E-state index is 0.178. The minimum atomic E-state index is 0.178. The summed E-state index contributed by atoms with van der Waals surface area (Å²) in [5.74, 6) is 1.88. The Bertz CT molecular complexity index is 578. The van der Waals surface area contributed by atoms with E-state index in [0.717, 1.165) is 15.8 Å². The van der Waals surface area contributed by atoms with Crippen LogP contribution in [0, 0.1) is 0 Å². The molecule has 6 heteroatoms. The summed E-state index contributed by atoms with van der Waals surface area (Å²) in [6.45, 7) is 6.47. The largest absolute Gasteiger partial charge is 0.398 e. The summed E-state index contributed by atoms with van der Waals surface area (Å²) in [5.41, 5.74) is 7.33. The number of halogens is 1. The lowest BCUT2D eigenvalue weighted by Crippen LogP contribution is -2.07. The fourth-order valence-electron chi connectivity index (χ4n) is 1.43. The number of rotatable bonds is 3. The predicted molar refractivity (Wildman–Crippen MR) is 82.9 cm³/mol. The number of nitrogens with zero attached hydrogens (tertiary/aromatic N) is 2. The van der Waals surface area contributed by atoms with Crippen LogP contribution in [0.3, 0.4) is 0 Å². The molecule has 4 nitrogen and oxygen atoms in total. The molecule has 0 fully saturated rings. The number of hydrogen-bond donors (Lipinski definition) is 1. The van der Waals surface area contributed by atoms with Crippen LogP contribution in [0.1, 0.15) is 26.6 Å². The van der Waals surface area contributed by atoms with Gasteiger partial charge in [0.05, 0.1) is 11.3 Å². The molecule has 1 aromatic carbocycles. The minimum Gasteiger partial charge on any atom is -0.398 e. The van der Waals surface area contributed by atoms with Crippen LogP contribution in [0.15, 0.2) is 27.2 Å². The van der Waals surface area contributed by atoms with Gasteiger partial charge in [-0.15, -0.1) is 11.8 Å². The van der Waals surface area contributed by atoms with Gasteiger partial charge in [0, 0.05) is 14.9 Å². The summed E-state index contributed by atoms with van der Waals surface area (Å²) in [7, 11) is 0. The molecule has 2 N–H and O–H groups in total. The Labute approximate surface area is 125 Å². The lowest BCUT2D eigenvalue weighted by molar-refractivity contribution is 0.425. The number of benzene rings is 1. The van der Waals surface area contributed by atoms with Gasteiger partial charge in [0.15, 0.2) is 5.82 Å². The van der Waals surface area contributed by atoms with E-state index >= 15 is 0 Å². The average Bonchev–Trinajstić information content (AvgIpc) is 2.74. The van der Waals surface area contributed by atoms with Gasteiger partial charge in [0.2, 0.25) is 0 Å². The topological polar surface area (TPSA) is 64.9 Å². The average molecular weight is 342 g/mol. The van der Waals surface area contributed by atoms with Crippen LogP contribution in [-0.4, -0.2) is 14.9 Å². The first-order valence-electron chi connectivity index (χ1n) is 5.87. The smallest absolute Gasteiger partial charge is 0.260 e. The summed E-state index contributed by atoms with van der Waals surface area (Å²) >= 11 is 5.15. The first kappa shape index (κ1) is 14.4. The third kappa shape index (κ3) is 3.98. The summed E-state index contributed by atoms with van der Waals surface area (Å²) in [4.78, 5) is 4.38. The molecule has 0 bridgehead atoms. The zero-order chi connectivity index (χ0) is 14.0. The van der Waals surface area contributed by atoms with Gasteiger partial charge in [-0.2, -0.15) is 4.98 Å². The number of thioether (sulfide) groups is 1. The van der Waals surface area contributed by atoms with Crippen molar-refractivity contribution in [3.05, 3.63) is 28.5 Å². The molecule has 1 heterocycles. The molecular weight excluding hydrogens is 326 g/mol. The fraction of sp³-hybridized carbons (Fsp3) is 0.385. The van der Waals surface area contributed by atoms with Gasteiger partial charge in [0.25, 0.3) is 5.89 Å². The van der Waals surface area contributed by atoms with E-state index in [-0.39, 0.29) is 4.75 Å². The normalized spacial score (nSPS) is 11.8. The molecule has 1 aromatic heterocycles. The van der Waals surface area contributed by atoms with Crippen molar-refractivity contribution >= 4 is 33.4 Å². The lowest BCUT2D eigenvalue weighted by Gasteiger charge is -2.15. The van der Waals surface area contributed by atoms with Crippen molar-refractivity contribution in [3.63, 3.8) is 0 Å². The number of hydrogen-bond acceptors (Lipinski definition) is 5. The van der Waals surface area contributed by atoms with Gasteiger partial charge in [-0.3, -0.25) is 0 Å². The van der Waals surface area contributed by atoms with Crippen molar-refractivity contribution in [2.24, 2.45) is 0 Å². The maximum atomic E-state index is 5.94. The highest BCUT2D eigenvalue weighted by atomic mass is 79.9. The summed E-state index contributed by atoms with van der Waals surface area (Å²) < 4.78 is 6.37. The molecule has 0 saturated carbocycles.